The second-order valence-electron chi connectivity index (χ2n) is 5.34. The fraction of sp³-hybridized carbons (Fsp3) is 1.00. The van der Waals surface area contributed by atoms with Crippen LogP contribution in [0.5, 0.6) is 0 Å². The molecule has 1 N–H and O–H groups in total. The largest absolute Gasteiger partial charge is 0.313 e. The minimum Gasteiger partial charge on any atom is -0.313 e. The maximum atomic E-state index is 3.87. The fourth-order valence-electron chi connectivity index (χ4n) is 2.68. The SMILES string of the molecule is C1CC(CNC(C2CC2)C2CC2)CS1. The van der Waals surface area contributed by atoms with E-state index in [4.69, 9.17) is 0 Å². The smallest absolute Gasteiger partial charge is 0.0124 e. The molecule has 1 saturated heterocycles. The molecular weight excluding hydrogens is 190 g/mol. The average molecular weight is 211 g/mol. The summed E-state index contributed by atoms with van der Waals surface area (Å²) in [5, 5.41) is 3.87. The Labute approximate surface area is 91.4 Å². The molecule has 3 aliphatic rings. The monoisotopic (exact) mass is 211 g/mol. The molecular formula is C12H21NS. The summed E-state index contributed by atoms with van der Waals surface area (Å²) in [6.45, 7) is 1.31. The highest BCUT2D eigenvalue weighted by molar-refractivity contribution is 7.99. The van der Waals surface area contributed by atoms with E-state index in [0.717, 1.165) is 23.8 Å². The van der Waals surface area contributed by atoms with E-state index in [2.05, 4.69) is 17.1 Å². The van der Waals surface area contributed by atoms with Crippen LogP contribution in [0, 0.1) is 17.8 Å². The van der Waals surface area contributed by atoms with Gasteiger partial charge in [0.25, 0.3) is 0 Å². The molecule has 80 valence electrons. The van der Waals surface area contributed by atoms with Crippen molar-refractivity contribution < 1.29 is 0 Å². The van der Waals surface area contributed by atoms with E-state index >= 15 is 0 Å². The van der Waals surface area contributed by atoms with E-state index in [-0.39, 0.29) is 0 Å². The Bertz CT molecular complexity index is 180. The molecule has 2 saturated carbocycles. The zero-order valence-corrected chi connectivity index (χ0v) is 9.69. The van der Waals surface area contributed by atoms with Gasteiger partial charge in [-0.15, -0.1) is 0 Å². The van der Waals surface area contributed by atoms with Gasteiger partial charge in [0.05, 0.1) is 0 Å². The van der Waals surface area contributed by atoms with Crippen molar-refractivity contribution in [1.29, 1.82) is 0 Å². The van der Waals surface area contributed by atoms with Crippen molar-refractivity contribution in [2.45, 2.75) is 38.1 Å². The van der Waals surface area contributed by atoms with Crippen LogP contribution in [0.3, 0.4) is 0 Å². The van der Waals surface area contributed by atoms with Crippen LogP contribution in [-0.2, 0) is 0 Å². The van der Waals surface area contributed by atoms with Crippen molar-refractivity contribution in [3.05, 3.63) is 0 Å². The van der Waals surface area contributed by atoms with Gasteiger partial charge in [-0.2, -0.15) is 11.8 Å². The summed E-state index contributed by atoms with van der Waals surface area (Å²) < 4.78 is 0. The molecule has 2 heteroatoms. The Morgan fingerprint density at radius 2 is 1.79 bits per heavy atom. The van der Waals surface area contributed by atoms with Crippen molar-refractivity contribution >= 4 is 11.8 Å². The lowest BCUT2D eigenvalue weighted by Crippen LogP contribution is -2.36. The van der Waals surface area contributed by atoms with Crippen LogP contribution in [0.2, 0.25) is 0 Å². The molecule has 1 unspecified atom stereocenters. The van der Waals surface area contributed by atoms with Crippen LogP contribution < -0.4 is 5.32 Å². The number of hydrogen-bond acceptors (Lipinski definition) is 2. The number of rotatable bonds is 5. The van der Waals surface area contributed by atoms with Gasteiger partial charge in [-0.1, -0.05) is 0 Å². The third-order valence-corrected chi connectivity index (χ3v) is 5.16. The van der Waals surface area contributed by atoms with Gasteiger partial charge >= 0.3 is 0 Å². The summed E-state index contributed by atoms with van der Waals surface area (Å²) in [5.41, 5.74) is 0. The molecule has 0 aromatic carbocycles. The Morgan fingerprint density at radius 1 is 1.07 bits per heavy atom. The first-order chi connectivity index (χ1) is 6.93. The zero-order valence-electron chi connectivity index (χ0n) is 8.87. The summed E-state index contributed by atoms with van der Waals surface area (Å²) in [7, 11) is 0. The van der Waals surface area contributed by atoms with Gasteiger partial charge in [0.15, 0.2) is 0 Å². The van der Waals surface area contributed by atoms with Crippen molar-refractivity contribution in [3.63, 3.8) is 0 Å². The predicted octanol–water partition coefficient (Wildman–Crippen LogP) is 2.52. The standard InChI is InChI=1S/C12H21NS/c1-2-10(1)12(11-3-4-11)13-7-9-5-6-14-8-9/h9-13H,1-8H2. The summed E-state index contributed by atoms with van der Waals surface area (Å²) in [6.07, 6.45) is 7.49. The molecule has 0 spiro atoms. The molecule has 2 aliphatic carbocycles. The molecule has 0 amide bonds. The molecule has 3 fully saturated rings. The second kappa shape index (κ2) is 4.05. The summed E-state index contributed by atoms with van der Waals surface area (Å²) >= 11 is 2.14. The molecule has 1 aliphatic heterocycles. The van der Waals surface area contributed by atoms with Gasteiger partial charge in [-0.05, 0) is 67.9 Å². The molecule has 1 heterocycles. The Balaban J connectivity index is 1.44. The van der Waals surface area contributed by atoms with E-state index in [1.165, 1.54) is 50.2 Å². The highest BCUT2D eigenvalue weighted by Gasteiger charge is 2.41. The molecule has 0 aromatic heterocycles. The maximum Gasteiger partial charge on any atom is 0.0124 e. The van der Waals surface area contributed by atoms with Gasteiger partial charge < -0.3 is 5.32 Å². The van der Waals surface area contributed by atoms with E-state index in [0.29, 0.717) is 0 Å². The topological polar surface area (TPSA) is 12.0 Å². The Morgan fingerprint density at radius 3 is 2.29 bits per heavy atom. The highest BCUT2D eigenvalue weighted by Crippen LogP contribution is 2.44. The fourth-order valence-corrected chi connectivity index (χ4v) is 3.96. The number of thioether (sulfide) groups is 1. The van der Waals surface area contributed by atoms with Crippen molar-refractivity contribution in [2.75, 3.05) is 18.1 Å². The molecule has 0 aromatic rings. The number of hydrogen-bond donors (Lipinski definition) is 1. The molecule has 1 atom stereocenters. The Hall–Kier alpha value is 0.310. The van der Waals surface area contributed by atoms with Crippen molar-refractivity contribution in [2.24, 2.45) is 17.8 Å². The van der Waals surface area contributed by atoms with Crippen molar-refractivity contribution in [3.8, 4) is 0 Å². The van der Waals surface area contributed by atoms with Gasteiger partial charge in [-0.3, -0.25) is 0 Å². The van der Waals surface area contributed by atoms with Crippen LogP contribution in [0.25, 0.3) is 0 Å². The summed E-state index contributed by atoms with van der Waals surface area (Å²) in [4.78, 5) is 0. The quantitative estimate of drug-likeness (QED) is 0.750. The normalized spacial score (nSPS) is 32.8. The van der Waals surface area contributed by atoms with Gasteiger partial charge in [0, 0.05) is 6.04 Å². The van der Waals surface area contributed by atoms with Gasteiger partial charge in [0.1, 0.15) is 0 Å². The van der Waals surface area contributed by atoms with Crippen LogP contribution in [0.1, 0.15) is 32.1 Å². The van der Waals surface area contributed by atoms with E-state index < -0.39 is 0 Å². The van der Waals surface area contributed by atoms with Crippen LogP contribution >= 0.6 is 11.8 Å². The maximum absolute atomic E-state index is 3.87. The first-order valence-electron chi connectivity index (χ1n) is 6.24. The van der Waals surface area contributed by atoms with Crippen LogP contribution in [0.4, 0.5) is 0 Å². The minimum absolute atomic E-state index is 0.917. The third kappa shape index (κ3) is 2.27. The minimum atomic E-state index is 0.917. The highest BCUT2D eigenvalue weighted by atomic mass is 32.2. The molecule has 14 heavy (non-hydrogen) atoms. The van der Waals surface area contributed by atoms with E-state index in [9.17, 15) is 0 Å². The lowest BCUT2D eigenvalue weighted by atomic mass is 10.0. The average Bonchev–Trinajstić information content (AvgIpc) is 3.09. The molecule has 1 nitrogen and oxygen atoms in total. The lowest BCUT2D eigenvalue weighted by molar-refractivity contribution is 0.384. The van der Waals surface area contributed by atoms with Crippen LogP contribution in [-0.4, -0.2) is 24.1 Å². The first kappa shape index (κ1) is 9.53. The zero-order chi connectivity index (χ0) is 9.38. The van der Waals surface area contributed by atoms with Gasteiger partial charge in [0.2, 0.25) is 0 Å². The molecule has 3 rings (SSSR count). The first-order valence-corrected chi connectivity index (χ1v) is 7.40. The van der Waals surface area contributed by atoms with E-state index in [1.54, 1.807) is 0 Å². The molecule has 0 radical (unpaired) electrons. The predicted molar refractivity (Wildman–Crippen MR) is 62.7 cm³/mol. The van der Waals surface area contributed by atoms with E-state index in [1.807, 2.05) is 0 Å². The third-order valence-electron chi connectivity index (χ3n) is 3.93. The van der Waals surface area contributed by atoms with Crippen molar-refractivity contribution in [1.82, 2.24) is 5.32 Å². The molecule has 0 bridgehead atoms. The van der Waals surface area contributed by atoms with Gasteiger partial charge in [-0.25, -0.2) is 0 Å². The summed E-state index contributed by atoms with van der Waals surface area (Å²) in [6, 6.07) is 0.917. The lowest BCUT2D eigenvalue weighted by Gasteiger charge is -2.19. The summed E-state index contributed by atoms with van der Waals surface area (Å²) in [5.74, 6) is 5.94. The Kier molecular flexibility index (Phi) is 2.76. The number of nitrogens with one attached hydrogen (secondary N) is 1. The second-order valence-corrected chi connectivity index (χ2v) is 6.49. The van der Waals surface area contributed by atoms with Crippen LogP contribution in [0.15, 0.2) is 0 Å².